The van der Waals surface area contributed by atoms with E-state index < -0.39 is 133 Å². The number of primary amides is 1. The minimum absolute atomic E-state index is 0.0149. The first-order chi connectivity index (χ1) is 36.2. The molecule has 17 N–H and O–H groups in total. The Kier molecular flexibility index (Phi) is 22.2. The highest BCUT2D eigenvalue weighted by molar-refractivity contribution is 5.98. The van der Waals surface area contributed by atoms with Crippen molar-refractivity contribution >= 4 is 75.7 Å². The van der Waals surface area contributed by atoms with Crippen LogP contribution in [0.5, 0.6) is 0 Å². The van der Waals surface area contributed by atoms with Crippen molar-refractivity contribution in [2.24, 2.45) is 50.5 Å². The molecule has 8 atom stereocenters. The molecule has 2 aromatic carbocycles. The van der Waals surface area contributed by atoms with Gasteiger partial charge in [-0.25, -0.2) is 4.39 Å². The van der Waals surface area contributed by atoms with Crippen molar-refractivity contribution in [3.63, 3.8) is 0 Å². The average molecular weight is 1060 g/mol. The number of aliphatic hydroxyl groups is 1. The first kappa shape index (κ1) is 58.9. The minimum atomic E-state index is -1.53. The number of nitrogens with zero attached hydrogens (tertiary/aromatic N) is 3. The van der Waals surface area contributed by atoms with Gasteiger partial charge in [-0.3, -0.25) is 53.1 Å². The fourth-order valence-corrected chi connectivity index (χ4v) is 9.46. The van der Waals surface area contributed by atoms with Gasteiger partial charge in [0.05, 0.1) is 12.1 Å². The van der Waals surface area contributed by atoms with E-state index >= 15 is 4.39 Å². The Balaban J connectivity index is 1.54. The number of aromatic nitrogens is 1. The van der Waals surface area contributed by atoms with Crippen LogP contribution in [0.4, 0.5) is 4.39 Å². The molecule has 3 aromatic rings. The number of aromatic amines is 1. The maximum Gasteiger partial charge on any atom is 0.245 e. The van der Waals surface area contributed by atoms with E-state index in [-0.39, 0.29) is 101 Å². The van der Waals surface area contributed by atoms with Crippen molar-refractivity contribution in [2.75, 3.05) is 26.2 Å². The Morgan fingerprint density at radius 1 is 0.829 bits per heavy atom. The molecule has 3 heterocycles. The number of halogens is 1. The van der Waals surface area contributed by atoms with Crippen LogP contribution in [0.3, 0.4) is 0 Å². The van der Waals surface area contributed by atoms with Crippen LogP contribution >= 0.6 is 0 Å². The number of nitrogens with one attached hydrogen (secondary N) is 6. The van der Waals surface area contributed by atoms with Gasteiger partial charge in [0.15, 0.2) is 17.7 Å². The third-order valence-corrected chi connectivity index (χ3v) is 13.4. The maximum absolute atomic E-state index is 15.4. The smallest absolute Gasteiger partial charge is 0.245 e. The summed E-state index contributed by atoms with van der Waals surface area (Å²) in [4.78, 5) is 138. The number of benzene rings is 2. The summed E-state index contributed by atoms with van der Waals surface area (Å²) in [7, 11) is 0. The van der Waals surface area contributed by atoms with Crippen molar-refractivity contribution in [2.45, 2.75) is 127 Å². The first-order valence-electron chi connectivity index (χ1n) is 25.4. The monoisotopic (exact) mass is 1060 g/mol. The van der Waals surface area contributed by atoms with Crippen LogP contribution in [0.25, 0.3) is 10.9 Å². The number of Topliss-reactive ketones (excluding diaryl/α,β-unsaturated/α-hetero) is 2. The molecule has 76 heavy (non-hydrogen) atoms. The highest BCUT2D eigenvalue weighted by Gasteiger charge is 2.43. The van der Waals surface area contributed by atoms with Gasteiger partial charge in [-0.1, -0.05) is 36.4 Å². The van der Waals surface area contributed by atoms with Crippen LogP contribution in [0, 0.1) is 17.7 Å². The second-order valence-corrected chi connectivity index (χ2v) is 19.3. The van der Waals surface area contributed by atoms with Crippen molar-refractivity contribution < 1.29 is 52.6 Å². The molecule has 25 heteroatoms. The van der Waals surface area contributed by atoms with Gasteiger partial charge in [0, 0.05) is 94.1 Å². The zero-order valence-corrected chi connectivity index (χ0v) is 42.6. The van der Waals surface area contributed by atoms with Crippen molar-refractivity contribution in [1.29, 1.82) is 0 Å². The molecule has 5 rings (SSSR count). The average Bonchev–Trinajstić information content (AvgIpc) is 3.97. The molecule has 2 saturated heterocycles. The van der Waals surface area contributed by atoms with Crippen molar-refractivity contribution in [1.82, 2.24) is 36.5 Å². The summed E-state index contributed by atoms with van der Waals surface area (Å²) in [6.45, 7) is 0.927. The van der Waals surface area contributed by atoms with E-state index in [0.29, 0.717) is 5.56 Å². The topological polar surface area (TPSA) is 408 Å². The quantitative estimate of drug-likeness (QED) is 0.0439. The Labute approximate surface area is 438 Å². The van der Waals surface area contributed by atoms with Gasteiger partial charge in [-0.15, -0.1) is 0 Å². The molecule has 24 nitrogen and oxygen atoms in total. The number of para-hydroxylation sites is 1. The van der Waals surface area contributed by atoms with E-state index in [0.717, 1.165) is 15.8 Å². The fourth-order valence-electron chi connectivity index (χ4n) is 9.46. The van der Waals surface area contributed by atoms with Gasteiger partial charge >= 0.3 is 0 Å². The number of hydrogen-bond acceptors (Lipinski definition) is 12. The molecule has 0 radical (unpaired) electrons. The number of carbonyl (C=O) groups excluding carboxylic acids is 9. The summed E-state index contributed by atoms with van der Waals surface area (Å²) in [6.07, 6.45) is -1.36. The van der Waals surface area contributed by atoms with Crippen molar-refractivity contribution in [3.05, 3.63) is 71.7 Å². The number of guanidine groups is 2. The van der Waals surface area contributed by atoms with Gasteiger partial charge in [0.25, 0.3) is 0 Å². The standard InChI is InChI=1S/C51H71FN14O10/c1-28(67)62-38(15-8-20-60-51(56)57)47(74)64-39-16-17-44(71)58-18-7-14-37(45(53)72)63-46(73)31(21-32-26-61-36-13-5-3-11-34(32)36)24-42(69)30(10-6-19-59-50(54)55)23-43(70)40(22-29-9-2-4-12-35(29)52)65-48(75)41-25-33(68)27-66(41)49(39)76/h2-5,9,11-13,26,30-31,33,37-41,61,68H,6-8,10,14-25,27H2,1H3,(H2,53,72)(H,58,71)(H,62,67)(H,63,73)(H,64,74)(H,65,75)(H4,54,55,59)(H4,56,57,60)/t30-,31-,33-,37+,38+,39+,40-,41+/m1/s1. The van der Waals surface area contributed by atoms with Crippen LogP contribution in [-0.4, -0.2) is 142 Å². The third-order valence-electron chi connectivity index (χ3n) is 13.4. The molecule has 7 amide bonds. The van der Waals surface area contributed by atoms with Gasteiger partial charge in [-0.2, -0.15) is 0 Å². The summed E-state index contributed by atoms with van der Waals surface area (Å²) < 4.78 is 15.4. The zero-order chi connectivity index (χ0) is 55.5. The number of carbonyl (C=O) groups is 9. The number of nitrogens with two attached hydrogens (primary N) is 5. The minimum Gasteiger partial charge on any atom is -0.391 e. The number of aliphatic hydroxyl groups excluding tert-OH is 1. The van der Waals surface area contributed by atoms with Crippen molar-refractivity contribution in [3.8, 4) is 0 Å². The lowest BCUT2D eigenvalue weighted by Gasteiger charge is -2.30. The first-order valence-corrected chi connectivity index (χ1v) is 25.4. The number of rotatable bonds is 16. The molecule has 2 aliphatic heterocycles. The molecule has 0 bridgehead atoms. The lowest BCUT2D eigenvalue weighted by Crippen LogP contribution is -2.57. The molecule has 2 fully saturated rings. The van der Waals surface area contributed by atoms with E-state index in [4.69, 9.17) is 28.7 Å². The lowest BCUT2D eigenvalue weighted by molar-refractivity contribution is -0.143. The third kappa shape index (κ3) is 17.9. The number of hydrogen-bond donors (Lipinski definition) is 12. The number of fused-ring (bicyclic) bond motifs is 2. The van der Waals surface area contributed by atoms with E-state index in [1.165, 1.54) is 31.2 Å². The molecule has 1 aromatic heterocycles. The molecule has 2 aliphatic rings. The van der Waals surface area contributed by atoms with Crippen LogP contribution in [0.2, 0.25) is 0 Å². The van der Waals surface area contributed by atoms with Crippen LogP contribution < -0.4 is 55.3 Å². The SMILES string of the molecule is CC(=O)N[C@@H](CCCN=C(N)N)C(=O)N[C@H]1CCC(=O)NCCC[C@@H](C(N)=O)NC(=O)[C@H](Cc2c[nH]c3ccccc23)CC(=O)[C@H](CCCN=C(N)N)CC(=O)[C@@H](Cc2ccccc2F)NC(=O)[C@@H]2C[C@@H](O)CN2C1=O. The Morgan fingerprint density at radius 2 is 1.51 bits per heavy atom. The summed E-state index contributed by atoms with van der Waals surface area (Å²) in [5, 5.41) is 25.0. The predicted molar refractivity (Wildman–Crippen MR) is 278 cm³/mol. The highest BCUT2D eigenvalue weighted by Crippen LogP contribution is 2.27. The number of ketones is 2. The fraction of sp³-hybridized carbons (Fsp3) is 0.510. The molecule has 0 spiro atoms. The Bertz CT molecular complexity index is 2640. The van der Waals surface area contributed by atoms with Gasteiger partial charge in [0.2, 0.25) is 41.4 Å². The number of H-pyrrole nitrogens is 1. The second-order valence-electron chi connectivity index (χ2n) is 19.3. The summed E-state index contributed by atoms with van der Waals surface area (Å²) in [6, 6.07) is 5.92. The molecular weight excluding hydrogens is 988 g/mol. The molecule has 0 saturated carbocycles. The summed E-state index contributed by atoms with van der Waals surface area (Å²) in [5.41, 5.74) is 29.3. The summed E-state index contributed by atoms with van der Waals surface area (Å²) in [5.74, 6) is -9.91. The normalized spacial score (nSPS) is 23.0. The van der Waals surface area contributed by atoms with Crippen LogP contribution in [0.1, 0.15) is 88.7 Å². The largest absolute Gasteiger partial charge is 0.391 e. The number of aliphatic imine (C=N–C) groups is 2. The number of amides is 7. The van der Waals surface area contributed by atoms with Gasteiger partial charge in [0.1, 0.15) is 35.8 Å². The highest BCUT2D eigenvalue weighted by atomic mass is 19.1. The van der Waals surface area contributed by atoms with Crippen LogP contribution in [-0.2, 0) is 56.0 Å². The van der Waals surface area contributed by atoms with Gasteiger partial charge < -0.3 is 70.2 Å². The Hall–Kier alpha value is -7.96. The predicted octanol–water partition coefficient (Wildman–Crippen LogP) is -1.55. The molecular formula is C51H71FN14O10. The van der Waals surface area contributed by atoms with Crippen LogP contribution in [0.15, 0.2) is 64.7 Å². The van der Waals surface area contributed by atoms with E-state index in [1.54, 1.807) is 6.20 Å². The molecule has 412 valence electrons. The zero-order valence-electron chi connectivity index (χ0n) is 42.6. The second kappa shape index (κ2) is 28.6. The lowest BCUT2D eigenvalue weighted by atomic mass is 9.83. The molecule has 0 aliphatic carbocycles. The Morgan fingerprint density at radius 3 is 2.21 bits per heavy atom. The van der Waals surface area contributed by atoms with E-state index in [9.17, 15) is 48.3 Å². The summed E-state index contributed by atoms with van der Waals surface area (Å²) >= 11 is 0. The maximum atomic E-state index is 15.4. The van der Waals surface area contributed by atoms with E-state index in [1.807, 2.05) is 24.3 Å². The van der Waals surface area contributed by atoms with E-state index in [2.05, 4.69) is 41.6 Å². The molecule has 0 unspecified atom stereocenters. The van der Waals surface area contributed by atoms with Gasteiger partial charge in [-0.05, 0) is 74.6 Å².